The third-order valence-corrected chi connectivity index (χ3v) is 5.24. The Morgan fingerprint density at radius 3 is 2.52 bits per heavy atom. The van der Waals surface area contributed by atoms with Crippen LogP contribution in [0.25, 0.3) is 0 Å². The number of carbonyl (C=O) groups is 1. The molecule has 1 aromatic heterocycles. The molecule has 2 heterocycles. The van der Waals surface area contributed by atoms with Gasteiger partial charge in [0.25, 0.3) is 0 Å². The van der Waals surface area contributed by atoms with Crippen LogP contribution in [0.2, 0.25) is 0 Å². The Kier molecular flexibility index (Phi) is 5.60. The lowest BCUT2D eigenvalue weighted by atomic mass is 9.89. The first-order chi connectivity index (χ1) is 11.3. The fraction of sp³-hybridized carbons (Fsp3) is 0.722. The highest BCUT2D eigenvalue weighted by Gasteiger charge is 2.28. The van der Waals surface area contributed by atoms with Crippen LogP contribution in [0.15, 0.2) is 12.4 Å². The average molecular weight is 316 g/mol. The maximum atomic E-state index is 12.0. The molecule has 0 unspecified atom stereocenters. The van der Waals surface area contributed by atoms with Crippen molar-refractivity contribution in [2.24, 2.45) is 0 Å². The molecule has 1 amide bonds. The fourth-order valence-electron chi connectivity index (χ4n) is 3.90. The van der Waals surface area contributed by atoms with Crippen LogP contribution in [0, 0.1) is 0 Å². The number of carbonyl (C=O) groups excluding carboxylic acids is 1. The van der Waals surface area contributed by atoms with E-state index in [0.29, 0.717) is 5.92 Å². The number of amides is 1. The second-order valence-corrected chi connectivity index (χ2v) is 6.88. The van der Waals surface area contributed by atoms with Gasteiger partial charge in [0.1, 0.15) is 5.82 Å². The Hall–Kier alpha value is -1.49. The molecule has 0 aromatic carbocycles. The number of likely N-dealkylation sites (tertiary alicyclic amines) is 1. The second-order valence-electron chi connectivity index (χ2n) is 6.88. The predicted molar refractivity (Wildman–Crippen MR) is 90.0 cm³/mol. The third kappa shape index (κ3) is 4.08. The summed E-state index contributed by atoms with van der Waals surface area (Å²) in [4.78, 5) is 23.5. The molecule has 1 saturated heterocycles. The van der Waals surface area contributed by atoms with Crippen LogP contribution in [-0.2, 0) is 11.3 Å². The van der Waals surface area contributed by atoms with Crippen molar-refractivity contribution in [3.05, 3.63) is 23.8 Å². The Morgan fingerprint density at radius 1 is 1.13 bits per heavy atom. The van der Waals surface area contributed by atoms with Crippen molar-refractivity contribution < 1.29 is 4.79 Å². The summed E-state index contributed by atoms with van der Waals surface area (Å²) in [6.07, 6.45) is 13.6. The van der Waals surface area contributed by atoms with Gasteiger partial charge in [0, 0.05) is 37.5 Å². The van der Waals surface area contributed by atoms with Gasteiger partial charge in [0.2, 0.25) is 5.91 Å². The van der Waals surface area contributed by atoms with Crippen molar-refractivity contribution in [3.8, 4) is 0 Å². The number of rotatable bonds is 4. The second kappa shape index (κ2) is 7.86. The van der Waals surface area contributed by atoms with Gasteiger partial charge in [-0.2, -0.15) is 0 Å². The molecule has 5 nitrogen and oxygen atoms in total. The highest BCUT2D eigenvalue weighted by Crippen LogP contribution is 2.30. The first-order valence-electron chi connectivity index (χ1n) is 9.04. The molecule has 3 rings (SSSR count). The van der Waals surface area contributed by atoms with Crippen LogP contribution >= 0.6 is 0 Å². The molecule has 1 atom stereocenters. The lowest BCUT2D eigenvalue weighted by Crippen LogP contribution is -2.48. The van der Waals surface area contributed by atoms with E-state index < -0.39 is 0 Å². The molecule has 23 heavy (non-hydrogen) atoms. The van der Waals surface area contributed by atoms with Crippen LogP contribution < -0.4 is 5.32 Å². The van der Waals surface area contributed by atoms with Crippen LogP contribution in [-0.4, -0.2) is 40.4 Å². The summed E-state index contributed by atoms with van der Waals surface area (Å²) in [6, 6.07) is -0.00762. The summed E-state index contributed by atoms with van der Waals surface area (Å²) in [5.74, 6) is 1.69. The van der Waals surface area contributed by atoms with Gasteiger partial charge in [0.15, 0.2) is 0 Å². The van der Waals surface area contributed by atoms with E-state index in [0.717, 1.165) is 43.7 Å². The van der Waals surface area contributed by atoms with Crippen LogP contribution in [0.1, 0.15) is 68.7 Å². The number of likely N-dealkylation sites (N-methyl/N-ethyl adjacent to an activating group) is 1. The molecular formula is C18H28N4O. The lowest BCUT2D eigenvalue weighted by molar-refractivity contribution is -0.127. The minimum atomic E-state index is -0.00762. The monoisotopic (exact) mass is 316 g/mol. The Labute approximate surface area is 138 Å². The minimum Gasteiger partial charge on any atom is -0.358 e. The standard InChI is InChI=1S/C18H28N4O/c1-19-18(23)16-9-5-6-10-22(16)13-14-11-20-17(21-12-14)15-7-3-2-4-8-15/h11-12,15-16H,2-10,13H2,1H3,(H,19,23)/t16-/m0/s1. The highest BCUT2D eigenvalue weighted by molar-refractivity contribution is 5.81. The van der Waals surface area contributed by atoms with Gasteiger partial charge in [-0.05, 0) is 32.2 Å². The van der Waals surface area contributed by atoms with Gasteiger partial charge in [-0.1, -0.05) is 25.7 Å². The fourth-order valence-corrected chi connectivity index (χ4v) is 3.90. The Morgan fingerprint density at radius 2 is 1.83 bits per heavy atom. The molecule has 0 bridgehead atoms. The van der Waals surface area contributed by atoms with E-state index in [1.807, 2.05) is 12.4 Å². The number of hydrogen-bond acceptors (Lipinski definition) is 4. The number of hydrogen-bond donors (Lipinski definition) is 1. The van der Waals surface area contributed by atoms with Gasteiger partial charge in [-0.25, -0.2) is 9.97 Å². The topological polar surface area (TPSA) is 58.1 Å². The van der Waals surface area contributed by atoms with Gasteiger partial charge >= 0.3 is 0 Å². The summed E-state index contributed by atoms with van der Waals surface area (Å²) in [6.45, 7) is 1.74. The molecule has 1 saturated carbocycles. The number of nitrogens with zero attached hydrogens (tertiary/aromatic N) is 3. The molecule has 1 aromatic rings. The summed E-state index contributed by atoms with van der Waals surface area (Å²) < 4.78 is 0. The van der Waals surface area contributed by atoms with Gasteiger partial charge in [-0.3, -0.25) is 9.69 Å². The Bertz CT molecular complexity index is 510. The Balaban J connectivity index is 1.63. The molecule has 0 spiro atoms. The molecule has 1 aliphatic heterocycles. The zero-order valence-corrected chi connectivity index (χ0v) is 14.1. The van der Waals surface area contributed by atoms with Crippen LogP contribution in [0.3, 0.4) is 0 Å². The molecule has 0 radical (unpaired) electrons. The van der Waals surface area contributed by atoms with Crippen LogP contribution in [0.5, 0.6) is 0 Å². The zero-order valence-electron chi connectivity index (χ0n) is 14.1. The average Bonchev–Trinajstić information content (AvgIpc) is 2.63. The molecule has 126 valence electrons. The normalized spacial score (nSPS) is 23.6. The van der Waals surface area contributed by atoms with Gasteiger partial charge < -0.3 is 5.32 Å². The van der Waals surface area contributed by atoms with Crippen molar-refractivity contribution in [2.75, 3.05) is 13.6 Å². The van der Waals surface area contributed by atoms with Crippen molar-refractivity contribution in [2.45, 2.75) is 69.9 Å². The first-order valence-corrected chi connectivity index (χ1v) is 9.04. The molecular weight excluding hydrogens is 288 g/mol. The predicted octanol–water partition coefficient (Wildman–Crippen LogP) is 2.62. The summed E-state index contributed by atoms with van der Waals surface area (Å²) in [7, 11) is 1.72. The molecule has 5 heteroatoms. The maximum absolute atomic E-state index is 12.0. The van der Waals surface area contributed by atoms with E-state index in [1.165, 1.54) is 32.1 Å². The smallest absolute Gasteiger partial charge is 0.237 e. The maximum Gasteiger partial charge on any atom is 0.237 e. The SMILES string of the molecule is CNC(=O)[C@@H]1CCCCN1Cc1cnc(C2CCCCC2)nc1. The molecule has 1 N–H and O–H groups in total. The number of piperidine rings is 1. The highest BCUT2D eigenvalue weighted by atomic mass is 16.2. The summed E-state index contributed by atoms with van der Waals surface area (Å²) in [5, 5.41) is 2.79. The van der Waals surface area contributed by atoms with E-state index in [2.05, 4.69) is 20.2 Å². The van der Waals surface area contributed by atoms with Gasteiger partial charge in [0.05, 0.1) is 6.04 Å². The van der Waals surface area contributed by atoms with E-state index in [-0.39, 0.29) is 11.9 Å². The van der Waals surface area contributed by atoms with Crippen molar-refractivity contribution in [1.82, 2.24) is 20.2 Å². The van der Waals surface area contributed by atoms with Crippen molar-refractivity contribution in [1.29, 1.82) is 0 Å². The van der Waals surface area contributed by atoms with Gasteiger partial charge in [-0.15, -0.1) is 0 Å². The molecule has 1 aliphatic carbocycles. The summed E-state index contributed by atoms with van der Waals surface area (Å²) >= 11 is 0. The van der Waals surface area contributed by atoms with Crippen molar-refractivity contribution >= 4 is 5.91 Å². The lowest BCUT2D eigenvalue weighted by Gasteiger charge is -2.34. The van der Waals surface area contributed by atoms with E-state index in [4.69, 9.17) is 0 Å². The van der Waals surface area contributed by atoms with Crippen LogP contribution in [0.4, 0.5) is 0 Å². The van der Waals surface area contributed by atoms with E-state index in [1.54, 1.807) is 7.05 Å². The quantitative estimate of drug-likeness (QED) is 0.928. The molecule has 2 aliphatic rings. The van der Waals surface area contributed by atoms with Crippen molar-refractivity contribution in [3.63, 3.8) is 0 Å². The van der Waals surface area contributed by atoms with E-state index >= 15 is 0 Å². The zero-order chi connectivity index (χ0) is 16.1. The van der Waals surface area contributed by atoms with E-state index in [9.17, 15) is 4.79 Å². The number of nitrogens with one attached hydrogen (secondary N) is 1. The minimum absolute atomic E-state index is 0.00762. The summed E-state index contributed by atoms with van der Waals surface area (Å²) in [5.41, 5.74) is 1.11. The number of aromatic nitrogens is 2. The third-order valence-electron chi connectivity index (χ3n) is 5.24. The first kappa shape index (κ1) is 16.4. The largest absolute Gasteiger partial charge is 0.358 e. The molecule has 2 fully saturated rings.